The molecule has 3 unspecified atom stereocenters. The number of nitrogens with two attached hydrogens (primary N) is 1. The van der Waals surface area contributed by atoms with Crippen LogP contribution in [0.3, 0.4) is 0 Å². The molecule has 0 aromatic heterocycles. The van der Waals surface area contributed by atoms with Crippen molar-refractivity contribution in [2.75, 3.05) is 19.8 Å². The van der Waals surface area contributed by atoms with Gasteiger partial charge >= 0.3 is 0 Å². The maximum Gasteiger partial charge on any atom is 0.128 e. The average molecular weight is 280 g/mol. The van der Waals surface area contributed by atoms with Gasteiger partial charge in [-0.1, -0.05) is 18.2 Å². The lowest BCUT2D eigenvalue weighted by Gasteiger charge is -2.40. The van der Waals surface area contributed by atoms with Crippen LogP contribution in [0.5, 0.6) is 0 Å². The predicted octanol–water partition coefficient (Wildman–Crippen LogP) is 1.92. The Balaban J connectivity index is 1.81. The number of nitrogens with one attached hydrogen (secondary N) is 1. The summed E-state index contributed by atoms with van der Waals surface area (Å²) in [5.74, 6) is 5.75. The number of ether oxygens (including phenoxy) is 2. The molecule has 2 aliphatic rings. The molecule has 0 saturated carbocycles. The van der Waals surface area contributed by atoms with Crippen LogP contribution in [0.25, 0.3) is 0 Å². The van der Waals surface area contributed by atoms with Crippen molar-refractivity contribution in [3.63, 3.8) is 0 Å². The second-order valence-corrected chi connectivity index (χ2v) is 5.75. The van der Waals surface area contributed by atoms with Gasteiger partial charge < -0.3 is 9.47 Å². The van der Waals surface area contributed by atoms with Crippen molar-refractivity contribution >= 4 is 0 Å². The zero-order chi connectivity index (χ0) is 14.0. The molecule has 1 spiro atoms. The first-order valence-corrected chi connectivity index (χ1v) is 7.16. The SMILES string of the molecule is NNC(c1ccccc1F)C1CCOC2(CCOC2)C1. The largest absolute Gasteiger partial charge is 0.378 e. The van der Waals surface area contributed by atoms with E-state index in [-0.39, 0.29) is 23.4 Å². The maximum absolute atomic E-state index is 14.0. The Hall–Kier alpha value is -1.01. The first-order chi connectivity index (χ1) is 9.74. The van der Waals surface area contributed by atoms with E-state index in [0.29, 0.717) is 18.8 Å². The maximum atomic E-state index is 14.0. The molecule has 0 bridgehead atoms. The first-order valence-electron chi connectivity index (χ1n) is 7.16. The fourth-order valence-corrected chi connectivity index (χ4v) is 3.42. The Bertz CT molecular complexity index is 463. The van der Waals surface area contributed by atoms with E-state index in [9.17, 15) is 4.39 Å². The van der Waals surface area contributed by atoms with E-state index in [1.54, 1.807) is 12.1 Å². The topological polar surface area (TPSA) is 56.5 Å². The lowest BCUT2D eigenvalue weighted by Crippen LogP contribution is -2.45. The zero-order valence-electron chi connectivity index (χ0n) is 11.5. The monoisotopic (exact) mass is 280 g/mol. The number of rotatable bonds is 3. The summed E-state index contributed by atoms with van der Waals surface area (Å²) in [6.45, 7) is 2.06. The molecular weight excluding hydrogens is 259 g/mol. The van der Waals surface area contributed by atoms with Crippen LogP contribution >= 0.6 is 0 Å². The van der Waals surface area contributed by atoms with Crippen molar-refractivity contribution in [1.82, 2.24) is 5.43 Å². The fourth-order valence-electron chi connectivity index (χ4n) is 3.42. The van der Waals surface area contributed by atoms with Gasteiger partial charge in [0.05, 0.1) is 18.2 Å². The van der Waals surface area contributed by atoms with Crippen LogP contribution in [0, 0.1) is 11.7 Å². The van der Waals surface area contributed by atoms with E-state index < -0.39 is 0 Å². The lowest BCUT2D eigenvalue weighted by atomic mass is 9.79. The molecule has 0 radical (unpaired) electrons. The quantitative estimate of drug-likeness (QED) is 0.656. The molecule has 2 heterocycles. The molecular formula is C15H21FN2O2. The van der Waals surface area contributed by atoms with E-state index in [1.165, 1.54) is 6.07 Å². The van der Waals surface area contributed by atoms with Gasteiger partial charge in [-0.15, -0.1) is 0 Å². The van der Waals surface area contributed by atoms with Gasteiger partial charge in [0.25, 0.3) is 0 Å². The Labute approximate surface area is 118 Å². The van der Waals surface area contributed by atoms with Crippen molar-refractivity contribution < 1.29 is 13.9 Å². The van der Waals surface area contributed by atoms with Crippen molar-refractivity contribution in [2.45, 2.75) is 30.9 Å². The molecule has 20 heavy (non-hydrogen) atoms. The molecule has 3 N–H and O–H groups in total. The minimum atomic E-state index is -0.210. The minimum absolute atomic E-state index is 0.183. The summed E-state index contributed by atoms with van der Waals surface area (Å²) in [5.41, 5.74) is 3.24. The fraction of sp³-hybridized carbons (Fsp3) is 0.600. The number of benzene rings is 1. The Morgan fingerprint density at radius 1 is 1.35 bits per heavy atom. The lowest BCUT2D eigenvalue weighted by molar-refractivity contribution is -0.103. The molecule has 4 nitrogen and oxygen atoms in total. The third kappa shape index (κ3) is 2.59. The van der Waals surface area contributed by atoms with Crippen LogP contribution < -0.4 is 11.3 Å². The first kappa shape index (κ1) is 13.9. The normalized spacial score (nSPS) is 31.6. The highest BCUT2D eigenvalue weighted by atomic mass is 19.1. The van der Waals surface area contributed by atoms with Crippen molar-refractivity contribution in [1.29, 1.82) is 0 Å². The summed E-state index contributed by atoms with van der Waals surface area (Å²) < 4.78 is 25.4. The Morgan fingerprint density at radius 3 is 2.90 bits per heavy atom. The van der Waals surface area contributed by atoms with Crippen LogP contribution in [0.2, 0.25) is 0 Å². The number of hydrogen-bond donors (Lipinski definition) is 2. The smallest absolute Gasteiger partial charge is 0.128 e. The third-order valence-corrected chi connectivity index (χ3v) is 4.49. The third-order valence-electron chi connectivity index (χ3n) is 4.49. The van der Waals surface area contributed by atoms with Gasteiger partial charge in [-0.25, -0.2) is 4.39 Å². The molecule has 3 atom stereocenters. The van der Waals surface area contributed by atoms with Gasteiger partial charge in [0, 0.05) is 25.2 Å². The molecule has 3 rings (SSSR count). The van der Waals surface area contributed by atoms with E-state index >= 15 is 0 Å². The summed E-state index contributed by atoms with van der Waals surface area (Å²) in [6, 6.07) is 6.64. The van der Waals surface area contributed by atoms with Gasteiger partial charge in [0.2, 0.25) is 0 Å². The highest BCUT2D eigenvalue weighted by Crippen LogP contribution is 2.41. The van der Waals surface area contributed by atoms with Gasteiger partial charge in [-0.2, -0.15) is 0 Å². The van der Waals surface area contributed by atoms with Gasteiger partial charge in [0.1, 0.15) is 5.82 Å². The van der Waals surface area contributed by atoms with Crippen molar-refractivity contribution in [3.05, 3.63) is 35.6 Å². The number of hydrogen-bond acceptors (Lipinski definition) is 4. The van der Waals surface area contributed by atoms with Crippen LogP contribution in [0.4, 0.5) is 4.39 Å². The zero-order valence-corrected chi connectivity index (χ0v) is 11.5. The highest BCUT2D eigenvalue weighted by Gasteiger charge is 2.43. The summed E-state index contributed by atoms with van der Waals surface area (Å²) in [6.07, 6.45) is 2.65. The summed E-state index contributed by atoms with van der Waals surface area (Å²) in [5, 5.41) is 0. The predicted molar refractivity (Wildman–Crippen MR) is 73.3 cm³/mol. The van der Waals surface area contributed by atoms with Gasteiger partial charge in [-0.05, 0) is 24.8 Å². The van der Waals surface area contributed by atoms with Gasteiger partial charge in [0.15, 0.2) is 0 Å². The second kappa shape index (κ2) is 5.77. The number of hydrazine groups is 1. The van der Waals surface area contributed by atoms with Crippen LogP contribution in [0.15, 0.2) is 24.3 Å². The van der Waals surface area contributed by atoms with Crippen molar-refractivity contribution in [3.8, 4) is 0 Å². The standard InChI is InChI=1S/C15H21FN2O2/c16-13-4-2-1-3-12(13)14(18-17)11-5-7-20-15(9-11)6-8-19-10-15/h1-4,11,14,18H,5-10,17H2. The highest BCUT2D eigenvalue weighted by molar-refractivity contribution is 5.22. The van der Waals surface area contributed by atoms with Crippen LogP contribution in [0.1, 0.15) is 30.9 Å². The van der Waals surface area contributed by atoms with E-state index in [4.69, 9.17) is 15.3 Å². The molecule has 2 aliphatic heterocycles. The van der Waals surface area contributed by atoms with Gasteiger partial charge in [-0.3, -0.25) is 11.3 Å². The molecule has 2 fully saturated rings. The van der Waals surface area contributed by atoms with Crippen LogP contribution in [-0.4, -0.2) is 25.4 Å². The Kier molecular flexibility index (Phi) is 4.03. The van der Waals surface area contributed by atoms with E-state index in [2.05, 4.69) is 5.43 Å². The summed E-state index contributed by atoms with van der Waals surface area (Å²) >= 11 is 0. The Morgan fingerprint density at radius 2 is 2.20 bits per heavy atom. The molecule has 1 aromatic carbocycles. The molecule has 5 heteroatoms. The summed E-state index contributed by atoms with van der Waals surface area (Å²) in [7, 11) is 0. The van der Waals surface area contributed by atoms with Crippen LogP contribution in [-0.2, 0) is 9.47 Å². The molecule has 2 saturated heterocycles. The summed E-state index contributed by atoms with van der Waals surface area (Å²) in [4.78, 5) is 0. The molecule has 0 amide bonds. The molecule has 1 aromatic rings. The second-order valence-electron chi connectivity index (χ2n) is 5.75. The van der Waals surface area contributed by atoms with E-state index in [1.807, 2.05) is 6.07 Å². The van der Waals surface area contributed by atoms with Crippen molar-refractivity contribution in [2.24, 2.45) is 11.8 Å². The number of halogens is 1. The minimum Gasteiger partial charge on any atom is -0.378 e. The molecule has 110 valence electrons. The van der Waals surface area contributed by atoms with E-state index in [0.717, 1.165) is 25.9 Å². The molecule has 0 aliphatic carbocycles. The average Bonchev–Trinajstić information content (AvgIpc) is 2.90.